The Bertz CT molecular complexity index is 548. The first-order valence-corrected chi connectivity index (χ1v) is 6.26. The number of benzene rings is 1. The quantitative estimate of drug-likeness (QED) is 0.888. The van der Waals surface area contributed by atoms with Crippen molar-refractivity contribution in [2.75, 3.05) is 0 Å². The number of hydrogen-bond acceptors (Lipinski definition) is 3. The number of hydrogen-bond donors (Lipinski definition) is 1. The first kappa shape index (κ1) is 12.2. The minimum absolute atomic E-state index is 0.211. The summed E-state index contributed by atoms with van der Waals surface area (Å²) in [4.78, 5) is 5.35. The molecule has 1 heterocycles. The van der Waals surface area contributed by atoms with Gasteiger partial charge in [0.2, 0.25) is 0 Å². The average Bonchev–Trinajstić information content (AvgIpc) is 2.61. The summed E-state index contributed by atoms with van der Waals surface area (Å²) in [6.07, 6.45) is 0. The van der Waals surface area contributed by atoms with Crippen LogP contribution in [-0.4, -0.2) is 4.98 Å². The molecule has 0 saturated carbocycles. The second-order valence-corrected chi connectivity index (χ2v) is 5.40. The highest BCUT2D eigenvalue weighted by Gasteiger charge is 2.16. The van der Waals surface area contributed by atoms with E-state index in [0.717, 1.165) is 21.1 Å². The van der Waals surface area contributed by atoms with Gasteiger partial charge in [0.1, 0.15) is 5.82 Å². The first-order valence-electron chi connectivity index (χ1n) is 5.44. The van der Waals surface area contributed by atoms with Gasteiger partial charge in [-0.05, 0) is 38.0 Å². The van der Waals surface area contributed by atoms with Crippen molar-refractivity contribution in [3.63, 3.8) is 0 Å². The molecule has 0 aliphatic carbocycles. The lowest BCUT2D eigenvalue weighted by atomic mass is 10.0. The molecule has 4 heteroatoms. The predicted molar refractivity (Wildman–Crippen MR) is 68.8 cm³/mol. The van der Waals surface area contributed by atoms with Gasteiger partial charge in [0, 0.05) is 4.88 Å². The fraction of sp³-hybridized carbons (Fsp3) is 0.308. The van der Waals surface area contributed by atoms with Crippen LogP contribution in [0.15, 0.2) is 18.2 Å². The number of aryl methyl sites for hydroxylation is 3. The number of rotatable bonds is 2. The summed E-state index contributed by atoms with van der Waals surface area (Å²) in [5.41, 5.74) is 8.51. The van der Waals surface area contributed by atoms with Crippen LogP contribution in [0.4, 0.5) is 4.39 Å². The Morgan fingerprint density at radius 2 is 2.00 bits per heavy atom. The van der Waals surface area contributed by atoms with Gasteiger partial charge in [-0.1, -0.05) is 12.1 Å². The summed E-state index contributed by atoms with van der Waals surface area (Å²) in [7, 11) is 0. The molecule has 1 atom stereocenters. The van der Waals surface area contributed by atoms with Gasteiger partial charge in [-0.3, -0.25) is 0 Å². The van der Waals surface area contributed by atoms with Crippen LogP contribution in [-0.2, 0) is 0 Å². The van der Waals surface area contributed by atoms with Crippen LogP contribution >= 0.6 is 11.3 Å². The topological polar surface area (TPSA) is 38.9 Å². The van der Waals surface area contributed by atoms with Gasteiger partial charge in [0.15, 0.2) is 0 Å². The van der Waals surface area contributed by atoms with E-state index in [2.05, 4.69) is 4.98 Å². The van der Waals surface area contributed by atoms with Crippen molar-refractivity contribution < 1.29 is 4.39 Å². The van der Waals surface area contributed by atoms with E-state index in [9.17, 15) is 4.39 Å². The van der Waals surface area contributed by atoms with Crippen molar-refractivity contribution >= 4 is 11.3 Å². The van der Waals surface area contributed by atoms with Crippen molar-refractivity contribution in [1.82, 2.24) is 4.98 Å². The Labute approximate surface area is 104 Å². The Morgan fingerprint density at radius 3 is 2.53 bits per heavy atom. The number of thiazole rings is 1. The SMILES string of the molecule is Cc1nc(C)c(C(N)c2ccc(C)c(F)c2)s1. The van der Waals surface area contributed by atoms with Gasteiger partial charge in [-0.15, -0.1) is 11.3 Å². The fourth-order valence-corrected chi connectivity index (χ4v) is 2.75. The van der Waals surface area contributed by atoms with Crippen molar-refractivity contribution in [2.45, 2.75) is 26.8 Å². The molecule has 0 fully saturated rings. The zero-order chi connectivity index (χ0) is 12.6. The van der Waals surface area contributed by atoms with Crippen LogP contribution < -0.4 is 5.73 Å². The summed E-state index contributed by atoms with van der Waals surface area (Å²) in [6, 6.07) is 4.84. The maximum atomic E-state index is 13.5. The molecule has 0 saturated heterocycles. The van der Waals surface area contributed by atoms with Crippen LogP contribution in [0.3, 0.4) is 0 Å². The maximum absolute atomic E-state index is 13.5. The van der Waals surface area contributed by atoms with Crippen LogP contribution in [0.1, 0.15) is 32.7 Å². The van der Waals surface area contributed by atoms with E-state index < -0.39 is 0 Å². The third kappa shape index (κ3) is 2.37. The highest BCUT2D eigenvalue weighted by molar-refractivity contribution is 7.11. The van der Waals surface area contributed by atoms with Crippen molar-refractivity contribution in [3.05, 3.63) is 50.7 Å². The molecule has 0 aliphatic rings. The third-order valence-corrected chi connectivity index (χ3v) is 3.93. The number of aromatic nitrogens is 1. The first-order chi connectivity index (χ1) is 7.99. The summed E-state index contributed by atoms with van der Waals surface area (Å²) >= 11 is 1.57. The van der Waals surface area contributed by atoms with Crippen LogP contribution in [0.2, 0.25) is 0 Å². The Hall–Kier alpha value is -1.26. The highest BCUT2D eigenvalue weighted by atomic mass is 32.1. The van der Waals surface area contributed by atoms with E-state index in [-0.39, 0.29) is 11.9 Å². The molecule has 17 heavy (non-hydrogen) atoms. The molecule has 1 unspecified atom stereocenters. The third-order valence-electron chi connectivity index (χ3n) is 2.78. The van der Waals surface area contributed by atoms with Gasteiger partial charge < -0.3 is 5.73 Å². The highest BCUT2D eigenvalue weighted by Crippen LogP contribution is 2.28. The van der Waals surface area contributed by atoms with E-state index in [0.29, 0.717) is 5.56 Å². The fourth-order valence-electron chi connectivity index (χ4n) is 1.79. The standard InChI is InChI=1S/C13H15FN2S/c1-7-4-5-10(6-11(7)14)12(15)13-8(2)16-9(3)17-13/h4-6,12H,15H2,1-3H3. The van der Waals surface area contributed by atoms with Gasteiger partial charge in [0.25, 0.3) is 0 Å². The molecule has 2 rings (SSSR count). The van der Waals surface area contributed by atoms with Gasteiger partial charge >= 0.3 is 0 Å². The lowest BCUT2D eigenvalue weighted by molar-refractivity contribution is 0.614. The summed E-state index contributed by atoms with van der Waals surface area (Å²) < 4.78 is 13.5. The molecule has 2 N–H and O–H groups in total. The predicted octanol–water partition coefficient (Wildman–Crippen LogP) is 3.26. The molecule has 90 valence electrons. The zero-order valence-electron chi connectivity index (χ0n) is 10.1. The van der Waals surface area contributed by atoms with Crippen molar-refractivity contribution in [3.8, 4) is 0 Å². The molecular weight excluding hydrogens is 235 g/mol. The molecule has 0 spiro atoms. The Morgan fingerprint density at radius 1 is 1.29 bits per heavy atom. The molecule has 0 bridgehead atoms. The van der Waals surface area contributed by atoms with Crippen LogP contribution in [0.25, 0.3) is 0 Å². The largest absolute Gasteiger partial charge is 0.320 e. The lowest BCUT2D eigenvalue weighted by Crippen LogP contribution is -2.12. The molecule has 1 aromatic heterocycles. The second-order valence-electron chi connectivity index (χ2n) is 4.17. The molecule has 2 aromatic rings. The van der Waals surface area contributed by atoms with Gasteiger partial charge in [-0.25, -0.2) is 9.37 Å². The monoisotopic (exact) mass is 250 g/mol. The van der Waals surface area contributed by atoms with Gasteiger partial charge in [0.05, 0.1) is 16.7 Å². The minimum atomic E-state index is -0.295. The van der Waals surface area contributed by atoms with E-state index in [4.69, 9.17) is 5.73 Å². The van der Waals surface area contributed by atoms with E-state index in [1.807, 2.05) is 19.9 Å². The smallest absolute Gasteiger partial charge is 0.126 e. The van der Waals surface area contributed by atoms with Crippen LogP contribution in [0.5, 0.6) is 0 Å². The number of nitrogens with two attached hydrogens (primary N) is 1. The van der Waals surface area contributed by atoms with Gasteiger partial charge in [-0.2, -0.15) is 0 Å². The Kier molecular flexibility index (Phi) is 3.26. The zero-order valence-corrected chi connectivity index (χ0v) is 10.9. The minimum Gasteiger partial charge on any atom is -0.320 e. The second kappa shape index (κ2) is 4.55. The molecule has 1 aromatic carbocycles. The van der Waals surface area contributed by atoms with Crippen molar-refractivity contribution in [1.29, 1.82) is 0 Å². The molecule has 0 aliphatic heterocycles. The lowest BCUT2D eigenvalue weighted by Gasteiger charge is -2.11. The molecule has 0 radical (unpaired) electrons. The van der Waals surface area contributed by atoms with Crippen LogP contribution in [0, 0.1) is 26.6 Å². The van der Waals surface area contributed by atoms with E-state index in [1.54, 1.807) is 24.3 Å². The summed E-state index contributed by atoms with van der Waals surface area (Å²) in [5.74, 6) is -0.211. The molecule has 2 nitrogen and oxygen atoms in total. The Balaban J connectivity index is 2.40. The van der Waals surface area contributed by atoms with Crippen molar-refractivity contribution in [2.24, 2.45) is 5.73 Å². The van der Waals surface area contributed by atoms with E-state index >= 15 is 0 Å². The maximum Gasteiger partial charge on any atom is 0.126 e. The summed E-state index contributed by atoms with van der Waals surface area (Å²) in [5, 5.41) is 0.987. The molecular formula is C13H15FN2S. The number of halogens is 1. The number of nitrogens with zero attached hydrogens (tertiary/aromatic N) is 1. The average molecular weight is 250 g/mol. The van der Waals surface area contributed by atoms with E-state index in [1.165, 1.54) is 6.07 Å². The summed E-state index contributed by atoms with van der Waals surface area (Å²) in [6.45, 7) is 5.62. The molecule has 0 amide bonds. The normalized spacial score (nSPS) is 12.8.